The lowest BCUT2D eigenvalue weighted by molar-refractivity contribution is 0.0985. The molecular weight excluding hydrogens is 404 g/mol. The van der Waals surface area contributed by atoms with Crippen molar-refractivity contribution in [2.75, 3.05) is 10.5 Å². The second kappa shape index (κ2) is 8.26. The fourth-order valence-electron chi connectivity index (χ4n) is 2.95. The maximum Gasteiger partial charge on any atom is 0.232 e. The van der Waals surface area contributed by atoms with Crippen LogP contribution in [-0.2, 0) is 23.1 Å². The van der Waals surface area contributed by atoms with Crippen LogP contribution in [0.2, 0.25) is 0 Å². The standard InChI is InChI=1S/C19H19F2N3O4S/c1-2-5-29(27,28)24-15-4-3-14(20)17(18(15)21)16(26)7-11-6-12-8-13(10-25)23-19(12)22-9-11/h3-4,6,8-9,24-25H,2,5,7,10H2,1H3,(H,22,23). The van der Waals surface area contributed by atoms with E-state index in [9.17, 15) is 22.0 Å². The molecule has 2 heterocycles. The number of nitrogens with zero attached hydrogens (tertiary/aromatic N) is 1. The Bertz CT molecular complexity index is 1180. The lowest BCUT2D eigenvalue weighted by atomic mass is 10.0. The number of aliphatic hydroxyl groups is 1. The van der Waals surface area contributed by atoms with Crippen LogP contribution in [-0.4, -0.2) is 35.0 Å². The highest BCUT2D eigenvalue weighted by Crippen LogP contribution is 2.24. The number of nitrogens with one attached hydrogen (secondary N) is 2. The molecule has 3 aromatic rings. The highest BCUT2D eigenvalue weighted by molar-refractivity contribution is 7.92. The van der Waals surface area contributed by atoms with Gasteiger partial charge < -0.3 is 10.1 Å². The Hall–Kier alpha value is -2.85. The van der Waals surface area contributed by atoms with Gasteiger partial charge in [0, 0.05) is 23.7 Å². The molecule has 3 rings (SSSR count). The lowest BCUT2D eigenvalue weighted by Crippen LogP contribution is -2.19. The summed E-state index contributed by atoms with van der Waals surface area (Å²) < 4.78 is 54.7. The maximum absolute atomic E-state index is 14.7. The average Bonchev–Trinajstić information content (AvgIpc) is 3.06. The minimum atomic E-state index is -3.80. The molecule has 0 amide bonds. The summed E-state index contributed by atoms with van der Waals surface area (Å²) >= 11 is 0. The Morgan fingerprint density at radius 2 is 2.03 bits per heavy atom. The highest BCUT2D eigenvalue weighted by atomic mass is 32.2. The number of carbonyl (C=O) groups is 1. The van der Waals surface area contributed by atoms with Gasteiger partial charge in [-0.15, -0.1) is 0 Å². The molecule has 2 aromatic heterocycles. The van der Waals surface area contributed by atoms with Crippen molar-refractivity contribution in [3.8, 4) is 0 Å². The number of aromatic nitrogens is 2. The first-order valence-corrected chi connectivity index (χ1v) is 10.5. The van der Waals surface area contributed by atoms with Gasteiger partial charge in [0.05, 0.1) is 23.6 Å². The summed E-state index contributed by atoms with van der Waals surface area (Å²) in [4.78, 5) is 19.6. The molecule has 0 spiro atoms. The molecule has 0 radical (unpaired) electrons. The van der Waals surface area contributed by atoms with Crippen LogP contribution in [0.25, 0.3) is 11.0 Å². The predicted octanol–water partition coefficient (Wildman–Crippen LogP) is 2.91. The van der Waals surface area contributed by atoms with Gasteiger partial charge in [-0.25, -0.2) is 22.2 Å². The highest BCUT2D eigenvalue weighted by Gasteiger charge is 2.23. The smallest absolute Gasteiger partial charge is 0.232 e. The van der Waals surface area contributed by atoms with Crippen LogP contribution in [0, 0.1) is 11.6 Å². The number of aliphatic hydroxyl groups excluding tert-OH is 1. The number of anilines is 1. The fourth-order valence-corrected chi connectivity index (χ4v) is 4.08. The Morgan fingerprint density at radius 3 is 2.72 bits per heavy atom. The fraction of sp³-hybridized carbons (Fsp3) is 0.263. The molecule has 1 aromatic carbocycles. The van der Waals surface area contributed by atoms with Gasteiger partial charge in [-0.05, 0) is 36.2 Å². The van der Waals surface area contributed by atoms with Gasteiger partial charge >= 0.3 is 0 Å². The number of aromatic amines is 1. The summed E-state index contributed by atoms with van der Waals surface area (Å²) in [5, 5.41) is 9.80. The zero-order chi connectivity index (χ0) is 21.2. The Morgan fingerprint density at radius 1 is 1.28 bits per heavy atom. The zero-order valence-corrected chi connectivity index (χ0v) is 16.3. The van der Waals surface area contributed by atoms with Crippen molar-refractivity contribution in [1.29, 1.82) is 0 Å². The van der Waals surface area contributed by atoms with Crippen molar-refractivity contribution in [2.24, 2.45) is 0 Å². The van der Waals surface area contributed by atoms with Crippen molar-refractivity contribution in [2.45, 2.75) is 26.4 Å². The van der Waals surface area contributed by atoms with Gasteiger partial charge in [-0.2, -0.15) is 0 Å². The summed E-state index contributed by atoms with van der Waals surface area (Å²) in [6, 6.07) is 5.07. The molecular formula is C19H19F2N3O4S. The number of fused-ring (bicyclic) bond motifs is 1. The number of Topliss-reactive ketones (excluding diaryl/α,β-unsaturated/α-hetero) is 1. The molecule has 0 aliphatic heterocycles. The molecule has 3 N–H and O–H groups in total. The van der Waals surface area contributed by atoms with E-state index in [0.717, 1.165) is 12.1 Å². The van der Waals surface area contributed by atoms with E-state index in [1.54, 1.807) is 19.1 Å². The molecule has 0 unspecified atom stereocenters. The topological polar surface area (TPSA) is 112 Å². The van der Waals surface area contributed by atoms with Crippen molar-refractivity contribution in [3.63, 3.8) is 0 Å². The number of benzene rings is 1. The van der Waals surface area contributed by atoms with Gasteiger partial charge in [-0.1, -0.05) is 6.92 Å². The summed E-state index contributed by atoms with van der Waals surface area (Å²) in [6.45, 7) is 1.44. The molecule has 7 nitrogen and oxygen atoms in total. The van der Waals surface area contributed by atoms with Crippen LogP contribution < -0.4 is 4.72 Å². The molecule has 0 fully saturated rings. The lowest BCUT2D eigenvalue weighted by Gasteiger charge is -2.11. The van der Waals surface area contributed by atoms with Crippen LogP contribution in [0.3, 0.4) is 0 Å². The number of H-pyrrole nitrogens is 1. The quantitative estimate of drug-likeness (QED) is 0.482. The number of sulfonamides is 1. The van der Waals surface area contributed by atoms with Gasteiger partial charge in [0.15, 0.2) is 11.6 Å². The first-order valence-electron chi connectivity index (χ1n) is 8.83. The zero-order valence-electron chi connectivity index (χ0n) is 15.5. The number of hydrogen-bond donors (Lipinski definition) is 3. The Labute approximate surface area is 165 Å². The summed E-state index contributed by atoms with van der Waals surface area (Å²) in [5.41, 5.74) is 0.179. The van der Waals surface area contributed by atoms with Crippen molar-refractivity contribution < 1.29 is 27.1 Å². The second-order valence-corrected chi connectivity index (χ2v) is 8.38. The van der Waals surface area contributed by atoms with Gasteiger partial charge in [0.2, 0.25) is 10.0 Å². The Balaban J connectivity index is 1.89. The number of halogens is 2. The largest absolute Gasteiger partial charge is 0.390 e. The Kier molecular flexibility index (Phi) is 5.94. The van der Waals surface area contributed by atoms with Crippen LogP contribution in [0.15, 0.2) is 30.5 Å². The number of ketones is 1. The molecule has 0 bridgehead atoms. The third-order valence-corrected chi connectivity index (χ3v) is 5.70. The van der Waals surface area contributed by atoms with Crippen molar-refractivity contribution >= 4 is 32.5 Å². The van der Waals surface area contributed by atoms with E-state index >= 15 is 0 Å². The van der Waals surface area contributed by atoms with E-state index in [1.807, 2.05) is 4.72 Å². The van der Waals surface area contributed by atoms with Crippen LogP contribution in [0.5, 0.6) is 0 Å². The molecule has 29 heavy (non-hydrogen) atoms. The number of carbonyl (C=O) groups excluding carboxylic acids is 1. The number of hydrogen-bond acceptors (Lipinski definition) is 5. The third-order valence-electron chi connectivity index (χ3n) is 4.23. The molecule has 0 saturated heterocycles. The molecule has 0 aliphatic rings. The minimum absolute atomic E-state index is 0.207. The molecule has 10 heteroatoms. The summed E-state index contributed by atoms with van der Waals surface area (Å²) in [7, 11) is -3.80. The number of rotatable bonds is 8. The van der Waals surface area contributed by atoms with Crippen molar-refractivity contribution in [1.82, 2.24) is 9.97 Å². The molecule has 0 saturated carbocycles. The van der Waals surface area contributed by atoms with Gasteiger partial charge in [0.1, 0.15) is 11.5 Å². The normalized spacial score (nSPS) is 11.7. The van der Waals surface area contributed by atoms with Gasteiger partial charge in [0.25, 0.3) is 0 Å². The SMILES string of the molecule is CCCS(=O)(=O)Nc1ccc(F)c(C(=O)Cc2cnc3[nH]c(CO)cc3c2)c1F. The third kappa shape index (κ3) is 4.60. The van der Waals surface area contributed by atoms with Crippen LogP contribution in [0.1, 0.15) is 35.0 Å². The van der Waals surface area contributed by atoms with E-state index in [1.165, 1.54) is 6.20 Å². The molecule has 0 atom stereocenters. The van der Waals surface area contributed by atoms with E-state index < -0.39 is 38.7 Å². The monoisotopic (exact) mass is 423 g/mol. The van der Waals surface area contributed by atoms with Crippen molar-refractivity contribution in [3.05, 3.63) is 58.9 Å². The van der Waals surface area contributed by atoms with Crippen LogP contribution in [0.4, 0.5) is 14.5 Å². The second-order valence-electron chi connectivity index (χ2n) is 6.54. The first kappa shape index (κ1) is 20.9. The molecule has 154 valence electrons. The minimum Gasteiger partial charge on any atom is -0.390 e. The average molecular weight is 423 g/mol. The maximum atomic E-state index is 14.7. The predicted molar refractivity (Wildman–Crippen MR) is 104 cm³/mol. The van der Waals surface area contributed by atoms with E-state index in [4.69, 9.17) is 5.11 Å². The first-order chi connectivity index (χ1) is 13.7. The summed E-state index contributed by atoms with van der Waals surface area (Å²) in [5.74, 6) is -3.42. The number of pyridine rings is 1. The van der Waals surface area contributed by atoms with E-state index in [2.05, 4.69) is 9.97 Å². The van der Waals surface area contributed by atoms with Gasteiger partial charge in [-0.3, -0.25) is 9.52 Å². The van der Waals surface area contributed by atoms with E-state index in [0.29, 0.717) is 28.7 Å². The summed E-state index contributed by atoms with van der Waals surface area (Å²) in [6.07, 6.45) is 1.37. The van der Waals surface area contributed by atoms with Crippen LogP contribution >= 0.6 is 0 Å². The van der Waals surface area contributed by atoms with E-state index in [-0.39, 0.29) is 18.8 Å². The molecule has 0 aliphatic carbocycles.